The minimum Gasteiger partial charge on any atom is -0.355 e. The molecule has 0 radical (unpaired) electrons. The van der Waals surface area contributed by atoms with Crippen molar-refractivity contribution in [3.8, 4) is 0 Å². The molecule has 88 valence electrons. The molecule has 15 heavy (non-hydrogen) atoms. The van der Waals surface area contributed by atoms with E-state index in [2.05, 4.69) is 24.5 Å². The zero-order valence-electron chi connectivity index (χ0n) is 9.93. The Kier molecular flexibility index (Phi) is 4.93. The highest BCUT2D eigenvalue weighted by Gasteiger charge is 2.27. The van der Waals surface area contributed by atoms with Crippen molar-refractivity contribution in [1.82, 2.24) is 10.6 Å². The predicted molar refractivity (Wildman–Crippen MR) is 66.2 cm³/mol. The molecular formula is C11H22N2OS. The van der Waals surface area contributed by atoms with Crippen molar-refractivity contribution >= 4 is 17.7 Å². The summed E-state index contributed by atoms with van der Waals surface area (Å²) in [6.07, 6.45) is 1.24. The normalized spacial score (nSPS) is 24.9. The van der Waals surface area contributed by atoms with Crippen molar-refractivity contribution in [2.24, 2.45) is 5.41 Å². The Morgan fingerprint density at radius 1 is 1.47 bits per heavy atom. The van der Waals surface area contributed by atoms with Crippen LogP contribution in [-0.2, 0) is 4.79 Å². The molecule has 0 aromatic rings. The van der Waals surface area contributed by atoms with Crippen LogP contribution in [0.15, 0.2) is 0 Å². The van der Waals surface area contributed by atoms with Crippen LogP contribution in [0, 0.1) is 5.41 Å². The Bertz CT molecular complexity index is 219. The molecule has 1 saturated heterocycles. The summed E-state index contributed by atoms with van der Waals surface area (Å²) in [5.74, 6) is 2.51. The van der Waals surface area contributed by atoms with Gasteiger partial charge in [0.2, 0.25) is 5.91 Å². The Labute approximate surface area is 96.8 Å². The molecule has 0 aromatic carbocycles. The summed E-state index contributed by atoms with van der Waals surface area (Å²) in [4.78, 5) is 10.7. The topological polar surface area (TPSA) is 41.1 Å². The Balaban J connectivity index is 2.13. The molecule has 2 N–H and O–H groups in total. The average molecular weight is 230 g/mol. The lowest BCUT2D eigenvalue weighted by Crippen LogP contribution is -2.43. The van der Waals surface area contributed by atoms with Crippen molar-refractivity contribution < 1.29 is 4.79 Å². The second-order valence-corrected chi connectivity index (χ2v) is 6.05. The lowest BCUT2D eigenvalue weighted by molar-refractivity contribution is -0.118. The number of nitrogens with one attached hydrogen (secondary N) is 2. The maximum atomic E-state index is 10.7. The second kappa shape index (κ2) is 5.75. The minimum absolute atomic E-state index is 0.0511. The number of thioether (sulfide) groups is 1. The largest absolute Gasteiger partial charge is 0.355 e. The molecule has 1 unspecified atom stereocenters. The van der Waals surface area contributed by atoms with Crippen LogP contribution >= 0.6 is 11.8 Å². The van der Waals surface area contributed by atoms with Crippen LogP contribution in [0.2, 0.25) is 0 Å². The summed E-state index contributed by atoms with van der Waals surface area (Å²) in [6, 6.07) is 0.604. The SMILES string of the molecule is CC(=O)NCCNC1CSCC(C)(C)C1. The van der Waals surface area contributed by atoms with E-state index in [9.17, 15) is 4.79 Å². The van der Waals surface area contributed by atoms with E-state index in [0.717, 1.165) is 13.1 Å². The van der Waals surface area contributed by atoms with Gasteiger partial charge in [-0.2, -0.15) is 11.8 Å². The number of hydrogen-bond acceptors (Lipinski definition) is 3. The Hall–Kier alpha value is -0.220. The third kappa shape index (κ3) is 5.42. The highest BCUT2D eigenvalue weighted by atomic mass is 32.2. The quantitative estimate of drug-likeness (QED) is 0.714. The third-order valence-corrected chi connectivity index (χ3v) is 4.17. The van der Waals surface area contributed by atoms with E-state index >= 15 is 0 Å². The molecule has 4 heteroatoms. The molecule has 1 fully saturated rings. The van der Waals surface area contributed by atoms with E-state index in [-0.39, 0.29) is 5.91 Å². The van der Waals surface area contributed by atoms with Gasteiger partial charge in [0, 0.05) is 31.8 Å². The lowest BCUT2D eigenvalue weighted by atomic mass is 9.88. The maximum absolute atomic E-state index is 10.7. The highest BCUT2D eigenvalue weighted by molar-refractivity contribution is 7.99. The fourth-order valence-corrected chi connectivity index (χ4v) is 3.22. The number of rotatable bonds is 4. The molecule has 3 nitrogen and oxygen atoms in total. The summed E-state index contributed by atoms with van der Waals surface area (Å²) in [6.45, 7) is 7.81. The number of carbonyl (C=O) groups excluding carboxylic acids is 1. The van der Waals surface area contributed by atoms with E-state index in [1.807, 2.05) is 11.8 Å². The first-order valence-electron chi connectivity index (χ1n) is 5.55. The highest BCUT2D eigenvalue weighted by Crippen LogP contribution is 2.33. The molecule has 0 bridgehead atoms. The van der Waals surface area contributed by atoms with Gasteiger partial charge in [0.15, 0.2) is 0 Å². The number of hydrogen-bond donors (Lipinski definition) is 2. The van der Waals surface area contributed by atoms with Crippen LogP contribution in [0.25, 0.3) is 0 Å². The molecular weight excluding hydrogens is 208 g/mol. The van der Waals surface area contributed by atoms with E-state index in [1.54, 1.807) is 6.92 Å². The first-order valence-corrected chi connectivity index (χ1v) is 6.71. The van der Waals surface area contributed by atoms with Gasteiger partial charge in [-0.1, -0.05) is 13.8 Å². The van der Waals surface area contributed by atoms with Gasteiger partial charge in [0.25, 0.3) is 0 Å². The van der Waals surface area contributed by atoms with Gasteiger partial charge in [-0.15, -0.1) is 0 Å². The molecule has 1 aliphatic heterocycles. The monoisotopic (exact) mass is 230 g/mol. The van der Waals surface area contributed by atoms with Crippen molar-refractivity contribution in [3.05, 3.63) is 0 Å². The van der Waals surface area contributed by atoms with E-state index in [4.69, 9.17) is 0 Å². The summed E-state index contributed by atoms with van der Waals surface area (Å²) < 4.78 is 0. The standard InChI is InChI=1S/C11H22N2OS/c1-9(14)12-4-5-13-10-6-11(2,3)8-15-7-10/h10,13H,4-8H2,1-3H3,(H,12,14). The molecule has 0 spiro atoms. The maximum Gasteiger partial charge on any atom is 0.216 e. The Morgan fingerprint density at radius 3 is 2.80 bits per heavy atom. The van der Waals surface area contributed by atoms with E-state index in [0.29, 0.717) is 11.5 Å². The molecule has 0 aliphatic carbocycles. The fraction of sp³-hybridized carbons (Fsp3) is 0.909. The molecule has 1 heterocycles. The van der Waals surface area contributed by atoms with Crippen molar-refractivity contribution in [3.63, 3.8) is 0 Å². The number of amides is 1. The number of carbonyl (C=O) groups is 1. The zero-order chi connectivity index (χ0) is 11.3. The summed E-state index contributed by atoms with van der Waals surface area (Å²) in [7, 11) is 0. The molecule has 1 atom stereocenters. The van der Waals surface area contributed by atoms with Gasteiger partial charge in [0.05, 0.1) is 0 Å². The molecule has 1 amide bonds. The van der Waals surface area contributed by atoms with Crippen molar-refractivity contribution in [1.29, 1.82) is 0 Å². The van der Waals surface area contributed by atoms with Gasteiger partial charge >= 0.3 is 0 Å². The average Bonchev–Trinajstić information content (AvgIpc) is 2.10. The second-order valence-electron chi connectivity index (χ2n) is 5.02. The van der Waals surface area contributed by atoms with Gasteiger partial charge in [-0.3, -0.25) is 4.79 Å². The molecule has 1 aliphatic rings. The van der Waals surface area contributed by atoms with Crippen LogP contribution in [0.4, 0.5) is 0 Å². The van der Waals surface area contributed by atoms with Crippen LogP contribution in [-0.4, -0.2) is 36.5 Å². The molecule has 1 rings (SSSR count). The van der Waals surface area contributed by atoms with Gasteiger partial charge in [-0.05, 0) is 17.6 Å². The van der Waals surface area contributed by atoms with Crippen LogP contribution in [0.1, 0.15) is 27.2 Å². The first-order chi connectivity index (χ1) is 6.99. The molecule has 0 aromatic heterocycles. The van der Waals surface area contributed by atoms with Crippen molar-refractivity contribution in [2.75, 3.05) is 24.6 Å². The smallest absolute Gasteiger partial charge is 0.216 e. The fourth-order valence-electron chi connectivity index (χ4n) is 1.91. The van der Waals surface area contributed by atoms with Gasteiger partial charge < -0.3 is 10.6 Å². The Morgan fingerprint density at radius 2 is 2.20 bits per heavy atom. The zero-order valence-corrected chi connectivity index (χ0v) is 10.7. The lowest BCUT2D eigenvalue weighted by Gasteiger charge is -2.35. The first kappa shape index (κ1) is 12.8. The van der Waals surface area contributed by atoms with E-state index in [1.165, 1.54) is 17.9 Å². The summed E-state index contributed by atoms with van der Waals surface area (Å²) in [5.41, 5.74) is 0.453. The third-order valence-electron chi connectivity index (χ3n) is 2.54. The van der Waals surface area contributed by atoms with E-state index < -0.39 is 0 Å². The minimum atomic E-state index is 0.0511. The summed E-state index contributed by atoms with van der Waals surface area (Å²) >= 11 is 2.02. The molecule has 0 saturated carbocycles. The van der Waals surface area contributed by atoms with Gasteiger partial charge in [0.1, 0.15) is 0 Å². The van der Waals surface area contributed by atoms with Crippen LogP contribution in [0.3, 0.4) is 0 Å². The van der Waals surface area contributed by atoms with Crippen LogP contribution in [0.5, 0.6) is 0 Å². The summed E-state index contributed by atoms with van der Waals surface area (Å²) in [5, 5.41) is 6.29. The predicted octanol–water partition coefficient (Wildman–Crippen LogP) is 1.24. The van der Waals surface area contributed by atoms with Crippen molar-refractivity contribution in [2.45, 2.75) is 33.2 Å². The van der Waals surface area contributed by atoms with Gasteiger partial charge in [-0.25, -0.2) is 0 Å². The van der Waals surface area contributed by atoms with Crippen LogP contribution < -0.4 is 10.6 Å².